The van der Waals surface area contributed by atoms with Crippen molar-refractivity contribution >= 4 is 82.6 Å². The van der Waals surface area contributed by atoms with Gasteiger partial charge in [-0.25, -0.2) is 0 Å². The van der Waals surface area contributed by atoms with Crippen molar-refractivity contribution in [1.29, 1.82) is 0 Å². The minimum atomic E-state index is -2.51. The number of benzene rings is 2. The van der Waals surface area contributed by atoms with Gasteiger partial charge in [0, 0.05) is 45.9 Å². The van der Waals surface area contributed by atoms with Crippen LogP contribution in [0.3, 0.4) is 0 Å². The number of nitrogens with zero attached hydrogens (tertiary/aromatic N) is 4. The van der Waals surface area contributed by atoms with Crippen LogP contribution < -0.4 is 53.0 Å². The molecule has 4 fully saturated rings. The van der Waals surface area contributed by atoms with Gasteiger partial charge in [-0.3, -0.25) is 67.1 Å². The second-order valence-corrected chi connectivity index (χ2v) is 28.8. The van der Waals surface area contributed by atoms with Crippen LogP contribution in [0.15, 0.2) is 60.3 Å². The number of hydrogen-bond acceptors (Lipinski definition) is 21. The standard InChI is InChI=1S/C74H109N13O21/c1-10-40(5)61-70(103)81-52(38-88)67(100)77-48(11-2)66(99)83-62(41(6)89)71(104)79-50(27-22-43-20-25-47(108-9)26-21-43)73(106)86-31-12-15-53(86)68(101)80-51(35-45(36-58(93)57(92)33-39(3)4)63(96)56(84(8)42(7)90)34-44-18-23-46(91)24-19-44)64(97)72(105)78-49(28-29-59(75)94)65(98)76-37-60(95)85-30-14-17-55(85)74(107)87-32-13-16-54(87)69(102)82-61/h11,18-21,23-26,39-41,45,49-58,61-62,64,88-89,91-93,97H,10,12-17,22,27-38H2,1-9H3,(H2,75,94)(H,76,98)(H,77,100)(H,78,105)(H,79,104)(H,80,101)(H,81,103)(H,82,102)(H,83,99)/b48-11+. The number of nitrogens with two attached hydrogens (primary N) is 1. The molecule has 13 amide bonds. The summed E-state index contributed by atoms with van der Waals surface area (Å²) in [6, 6.07) is -3.26. The highest BCUT2D eigenvalue weighted by molar-refractivity contribution is 6.03. The Morgan fingerprint density at radius 1 is 0.657 bits per heavy atom. The minimum Gasteiger partial charge on any atom is -0.508 e. The molecule has 4 saturated heterocycles. The Morgan fingerprint density at radius 2 is 1.21 bits per heavy atom. The maximum Gasteiger partial charge on any atom is 0.268 e. The van der Waals surface area contributed by atoms with E-state index in [1.807, 2.05) is 0 Å². The number of ketones is 1. The second kappa shape index (κ2) is 41.1. The summed E-state index contributed by atoms with van der Waals surface area (Å²) in [7, 11) is 2.78. The Morgan fingerprint density at radius 3 is 1.78 bits per heavy atom. The zero-order valence-corrected chi connectivity index (χ0v) is 62.8. The lowest BCUT2D eigenvalue weighted by atomic mass is 9.81. The topological polar surface area (TPSA) is 505 Å². The lowest BCUT2D eigenvalue weighted by Gasteiger charge is -2.35. The summed E-state index contributed by atoms with van der Waals surface area (Å²) in [4.78, 5) is 206. The Hall–Kier alpha value is -9.64. The number of fused-ring (bicyclic) bond motifs is 3. The van der Waals surface area contributed by atoms with Crippen molar-refractivity contribution in [2.75, 3.05) is 46.9 Å². The first-order valence-corrected chi connectivity index (χ1v) is 36.9. The SMILES string of the molecule is C/C=C1/NC(=O)C(CO)NC(=O)C(C(C)CC)NC(=O)C2CCCN2C(=O)C2CCCN2C(=O)CNC(=O)C(CCC(N)=O)NC(=O)C(O)C(CC(CC(O)C(O)CC(C)C)C(=O)C(Cc2ccc(O)cc2)N(C)C(C)=O)NC(=O)C2CCCN2C(=O)C(CCc2ccc(OC)cc2)NC(=O)C(C(C)O)NC1=O. The normalized spacial score (nSPS) is 25.9. The Balaban J connectivity index is 1.47. The molecule has 0 aliphatic carbocycles. The molecule has 0 aromatic heterocycles. The number of allylic oxidation sites excluding steroid dienone is 1. The van der Waals surface area contributed by atoms with Crippen molar-refractivity contribution < 1.29 is 102 Å². The predicted molar refractivity (Wildman–Crippen MR) is 388 cm³/mol. The number of nitrogens with one attached hydrogen (secondary N) is 8. The molecule has 16 N–H and O–H groups in total. The number of primary amides is 1. The number of methoxy groups -OCH3 is 1. The van der Waals surface area contributed by atoms with Gasteiger partial charge in [0.1, 0.15) is 65.5 Å². The van der Waals surface area contributed by atoms with E-state index in [2.05, 4.69) is 42.5 Å². The molecule has 0 bridgehead atoms. The van der Waals surface area contributed by atoms with Gasteiger partial charge in [-0.2, -0.15) is 0 Å². The van der Waals surface area contributed by atoms with E-state index in [1.165, 1.54) is 62.1 Å². The van der Waals surface area contributed by atoms with Crippen molar-refractivity contribution in [3.8, 4) is 11.5 Å². The summed E-state index contributed by atoms with van der Waals surface area (Å²) in [5.41, 5.74) is 6.09. The summed E-state index contributed by atoms with van der Waals surface area (Å²) in [6.45, 7) is 8.62. The highest BCUT2D eigenvalue weighted by Gasteiger charge is 2.47. The van der Waals surface area contributed by atoms with Gasteiger partial charge in [0.05, 0.1) is 50.7 Å². The summed E-state index contributed by atoms with van der Waals surface area (Å²) < 4.78 is 5.32. The molecule has 34 nitrogen and oxygen atoms in total. The summed E-state index contributed by atoms with van der Waals surface area (Å²) in [5, 5.41) is 87.6. The van der Waals surface area contributed by atoms with E-state index in [1.54, 1.807) is 52.0 Å². The molecule has 596 valence electrons. The molecule has 2 aromatic rings. The first-order valence-electron chi connectivity index (χ1n) is 36.9. The smallest absolute Gasteiger partial charge is 0.268 e. The van der Waals surface area contributed by atoms with Crippen LogP contribution >= 0.6 is 0 Å². The number of hydrogen-bond donors (Lipinski definition) is 15. The lowest BCUT2D eigenvalue weighted by Crippen LogP contribution is -2.61. The van der Waals surface area contributed by atoms with Crippen LogP contribution in [0.25, 0.3) is 0 Å². The number of aryl methyl sites for hydroxylation is 1. The van der Waals surface area contributed by atoms with Crippen LogP contribution in [-0.2, 0) is 80.0 Å². The molecule has 0 spiro atoms. The van der Waals surface area contributed by atoms with Crippen molar-refractivity contribution in [2.45, 2.75) is 230 Å². The van der Waals surface area contributed by atoms with Crippen molar-refractivity contribution in [3.63, 3.8) is 0 Å². The zero-order valence-electron chi connectivity index (χ0n) is 62.8. The fraction of sp³-hybridized carbons (Fsp3) is 0.622. The van der Waals surface area contributed by atoms with Gasteiger partial charge >= 0.3 is 0 Å². The summed E-state index contributed by atoms with van der Waals surface area (Å²) in [6.07, 6.45) is -7.97. The van der Waals surface area contributed by atoms with Gasteiger partial charge in [0.15, 0.2) is 11.9 Å². The number of aliphatic hydroxyl groups excluding tert-OH is 5. The van der Waals surface area contributed by atoms with E-state index in [9.17, 15) is 83.4 Å². The summed E-state index contributed by atoms with van der Waals surface area (Å²) in [5.74, 6) is -15.5. The number of rotatable bonds is 23. The van der Waals surface area contributed by atoms with Gasteiger partial charge < -0.3 is 103 Å². The number of carbonyl (C=O) groups is 14. The number of ether oxygens (including phenoxy) is 1. The highest BCUT2D eigenvalue weighted by atomic mass is 16.5. The van der Waals surface area contributed by atoms with E-state index in [0.717, 1.165) is 22.8 Å². The number of likely N-dealkylation sites (N-methyl/N-ethyl adjacent to an activating group) is 1. The van der Waals surface area contributed by atoms with Crippen LogP contribution in [-0.4, -0.2) is 265 Å². The maximum atomic E-state index is 15.5. The number of aliphatic hydroxyl groups is 5. The number of phenols is 1. The molecular weight excluding hydrogens is 1410 g/mol. The van der Waals surface area contributed by atoms with E-state index in [0.29, 0.717) is 36.1 Å². The number of amides is 13. The van der Waals surface area contributed by atoms with Crippen LogP contribution in [0.2, 0.25) is 0 Å². The van der Waals surface area contributed by atoms with Crippen LogP contribution in [0.5, 0.6) is 11.5 Å². The summed E-state index contributed by atoms with van der Waals surface area (Å²) >= 11 is 0. The lowest BCUT2D eigenvalue weighted by molar-refractivity contribution is -0.147. The average Bonchev–Trinajstić information content (AvgIpc) is 1.60. The van der Waals surface area contributed by atoms with Crippen molar-refractivity contribution in [2.24, 2.45) is 23.5 Å². The minimum absolute atomic E-state index is 0.0143. The number of Topliss-reactive ketones (excluding diaryl/α,β-unsaturated/α-hetero) is 1. The number of aromatic hydroxyl groups is 1. The van der Waals surface area contributed by atoms with Gasteiger partial charge in [-0.05, 0) is 145 Å². The molecule has 4 heterocycles. The van der Waals surface area contributed by atoms with E-state index in [4.69, 9.17) is 10.5 Å². The number of carbonyl (C=O) groups excluding carboxylic acids is 14. The van der Waals surface area contributed by atoms with Gasteiger partial charge in [-0.1, -0.05) is 64.5 Å². The highest BCUT2D eigenvalue weighted by Crippen LogP contribution is 2.30. The fourth-order valence-electron chi connectivity index (χ4n) is 13.9. The van der Waals surface area contributed by atoms with Crippen molar-refractivity contribution in [1.82, 2.24) is 62.1 Å². The van der Waals surface area contributed by atoms with Crippen LogP contribution in [0, 0.1) is 17.8 Å². The van der Waals surface area contributed by atoms with E-state index in [-0.39, 0.29) is 82.7 Å². The molecule has 16 atom stereocenters. The van der Waals surface area contributed by atoms with Gasteiger partial charge in [-0.15, -0.1) is 0 Å². The van der Waals surface area contributed by atoms with Gasteiger partial charge in [0.2, 0.25) is 65.0 Å². The Bertz CT molecular complexity index is 3560. The molecule has 108 heavy (non-hydrogen) atoms. The van der Waals surface area contributed by atoms with Crippen LogP contribution in [0.1, 0.15) is 143 Å². The molecule has 0 radical (unpaired) electrons. The molecule has 16 unspecified atom stereocenters. The molecule has 34 heteroatoms. The third kappa shape index (κ3) is 23.9. The largest absolute Gasteiger partial charge is 0.508 e. The van der Waals surface area contributed by atoms with E-state index < -0.39 is 224 Å². The second-order valence-electron chi connectivity index (χ2n) is 28.8. The fourth-order valence-corrected chi connectivity index (χ4v) is 13.9. The van der Waals surface area contributed by atoms with Gasteiger partial charge in [0.25, 0.3) is 11.8 Å². The Labute approximate surface area is 627 Å². The van der Waals surface area contributed by atoms with E-state index >= 15 is 14.4 Å². The third-order valence-electron chi connectivity index (χ3n) is 20.5. The van der Waals surface area contributed by atoms with Crippen molar-refractivity contribution in [3.05, 3.63) is 71.4 Å². The molecule has 2 aromatic carbocycles. The first-order chi connectivity index (χ1) is 51.1. The molecule has 0 saturated carbocycles. The molecule has 4 aliphatic rings. The molecule has 6 rings (SSSR count). The molecular formula is C74H109N13O21. The number of phenolic OH excluding ortho intramolecular Hbond substituents is 1. The third-order valence-corrected chi connectivity index (χ3v) is 20.5. The zero-order chi connectivity index (χ0) is 80.0. The monoisotopic (exact) mass is 1520 g/mol. The first kappa shape index (κ1) is 87.3. The Kier molecular flexibility index (Phi) is 33.2. The maximum absolute atomic E-state index is 15.5. The van der Waals surface area contributed by atoms with Crippen LogP contribution in [0.4, 0.5) is 0 Å². The average molecular weight is 1520 g/mol. The quantitative estimate of drug-likeness (QED) is 0.0501. The molecule has 4 aliphatic heterocycles. The predicted octanol–water partition coefficient (Wildman–Crippen LogP) is -2.77.